The van der Waals surface area contributed by atoms with Crippen LogP contribution in [0.5, 0.6) is 11.5 Å². The standard InChI is InChI=1S/C24H24N4O5S2/c1-4-32-21-14-17(11-12-20(21)33-16(3)18-9-7-6-8-10-18)13-19(15-25)22(29)26-23-27-28-24(34-23)35(30,31)5-2/h6-14,16H,4-5H2,1-3H3,(H,26,27,29)/b19-13-. The van der Waals surface area contributed by atoms with E-state index in [1.54, 1.807) is 18.2 Å². The summed E-state index contributed by atoms with van der Waals surface area (Å²) in [5, 5.41) is 19.2. The Morgan fingerprint density at radius 1 is 1.17 bits per heavy atom. The van der Waals surface area contributed by atoms with Crippen LogP contribution in [0.15, 0.2) is 58.4 Å². The molecule has 1 amide bonds. The molecular formula is C24H24N4O5S2. The molecule has 0 saturated carbocycles. The number of ether oxygens (including phenoxy) is 2. The molecule has 0 aliphatic heterocycles. The van der Waals surface area contributed by atoms with Crippen molar-refractivity contribution in [3.8, 4) is 17.6 Å². The number of hydrogen-bond acceptors (Lipinski definition) is 9. The minimum atomic E-state index is -3.54. The predicted octanol–water partition coefficient (Wildman–Crippen LogP) is 4.42. The summed E-state index contributed by atoms with van der Waals surface area (Å²) in [7, 11) is -3.54. The van der Waals surface area contributed by atoms with E-state index in [-0.39, 0.29) is 26.9 Å². The van der Waals surface area contributed by atoms with E-state index in [2.05, 4.69) is 15.5 Å². The molecule has 2 aromatic carbocycles. The molecule has 0 fully saturated rings. The number of carbonyl (C=O) groups is 1. The normalized spacial score (nSPS) is 12.5. The smallest absolute Gasteiger partial charge is 0.268 e. The molecule has 1 heterocycles. The van der Waals surface area contributed by atoms with Crippen LogP contribution in [0.3, 0.4) is 0 Å². The Morgan fingerprint density at radius 3 is 2.57 bits per heavy atom. The van der Waals surface area contributed by atoms with Crippen LogP contribution < -0.4 is 14.8 Å². The van der Waals surface area contributed by atoms with Crippen molar-refractivity contribution in [2.45, 2.75) is 31.2 Å². The number of nitrogens with zero attached hydrogens (tertiary/aromatic N) is 3. The summed E-state index contributed by atoms with van der Waals surface area (Å²) in [6.45, 7) is 5.66. The van der Waals surface area contributed by atoms with E-state index in [1.807, 2.05) is 50.2 Å². The summed E-state index contributed by atoms with van der Waals surface area (Å²) in [5.74, 6) is 0.132. The van der Waals surface area contributed by atoms with Crippen LogP contribution in [-0.2, 0) is 14.6 Å². The van der Waals surface area contributed by atoms with E-state index in [0.29, 0.717) is 23.7 Å². The molecule has 0 spiro atoms. The average Bonchev–Trinajstić information content (AvgIpc) is 3.34. The summed E-state index contributed by atoms with van der Waals surface area (Å²) in [5.41, 5.74) is 1.36. The molecule has 1 atom stereocenters. The SMILES string of the molecule is CCOc1cc(/C=C(/C#N)C(=O)Nc2nnc(S(=O)(=O)CC)s2)ccc1OC(C)c1ccccc1. The molecule has 0 aliphatic carbocycles. The monoisotopic (exact) mass is 512 g/mol. The third kappa shape index (κ3) is 6.65. The fourth-order valence-electron chi connectivity index (χ4n) is 2.95. The number of anilines is 1. The minimum absolute atomic E-state index is 0.0168. The zero-order valence-corrected chi connectivity index (χ0v) is 21.0. The van der Waals surface area contributed by atoms with Gasteiger partial charge >= 0.3 is 0 Å². The fourth-order valence-corrected chi connectivity index (χ4v) is 4.93. The van der Waals surface area contributed by atoms with Gasteiger partial charge in [-0.3, -0.25) is 10.1 Å². The zero-order chi connectivity index (χ0) is 25.4. The van der Waals surface area contributed by atoms with Gasteiger partial charge in [0.05, 0.1) is 12.4 Å². The third-order valence-corrected chi connectivity index (χ3v) is 7.81. The minimum Gasteiger partial charge on any atom is -0.490 e. The molecule has 9 nitrogen and oxygen atoms in total. The highest BCUT2D eigenvalue weighted by atomic mass is 32.2. The van der Waals surface area contributed by atoms with Crippen LogP contribution >= 0.6 is 11.3 Å². The van der Waals surface area contributed by atoms with Gasteiger partial charge in [0.1, 0.15) is 17.7 Å². The highest BCUT2D eigenvalue weighted by Crippen LogP contribution is 2.33. The van der Waals surface area contributed by atoms with Crippen LogP contribution in [0.25, 0.3) is 6.08 Å². The summed E-state index contributed by atoms with van der Waals surface area (Å²) < 4.78 is 35.4. The number of nitriles is 1. The summed E-state index contributed by atoms with van der Waals surface area (Å²) >= 11 is 0.726. The van der Waals surface area contributed by atoms with Crippen molar-refractivity contribution in [3.63, 3.8) is 0 Å². The lowest BCUT2D eigenvalue weighted by Crippen LogP contribution is -2.13. The first-order valence-electron chi connectivity index (χ1n) is 10.7. The van der Waals surface area contributed by atoms with Gasteiger partial charge in [0.25, 0.3) is 5.91 Å². The van der Waals surface area contributed by atoms with Gasteiger partial charge < -0.3 is 9.47 Å². The van der Waals surface area contributed by atoms with Gasteiger partial charge in [-0.15, -0.1) is 10.2 Å². The number of rotatable bonds is 10. The number of sulfone groups is 1. The summed E-state index contributed by atoms with van der Waals surface area (Å²) in [6, 6.07) is 16.7. The van der Waals surface area contributed by atoms with Crippen molar-refractivity contribution >= 4 is 38.3 Å². The van der Waals surface area contributed by atoms with Crippen molar-refractivity contribution < 1.29 is 22.7 Å². The number of nitrogens with one attached hydrogen (secondary N) is 1. The first-order valence-corrected chi connectivity index (χ1v) is 13.2. The van der Waals surface area contributed by atoms with E-state index in [1.165, 1.54) is 13.0 Å². The second-order valence-corrected chi connectivity index (χ2v) is 10.6. The molecule has 0 bridgehead atoms. The molecule has 0 saturated heterocycles. The van der Waals surface area contributed by atoms with E-state index in [0.717, 1.165) is 16.9 Å². The first-order chi connectivity index (χ1) is 16.8. The molecule has 182 valence electrons. The molecule has 11 heteroatoms. The van der Waals surface area contributed by atoms with Gasteiger partial charge in [0.2, 0.25) is 19.3 Å². The maximum absolute atomic E-state index is 12.6. The molecule has 3 rings (SSSR count). The van der Waals surface area contributed by atoms with Crippen LogP contribution in [0.1, 0.15) is 38.0 Å². The lowest BCUT2D eigenvalue weighted by Gasteiger charge is -2.18. The third-order valence-electron chi connectivity index (χ3n) is 4.79. The second kappa shape index (κ2) is 11.6. The van der Waals surface area contributed by atoms with E-state index in [9.17, 15) is 18.5 Å². The van der Waals surface area contributed by atoms with Gasteiger partial charge in [-0.1, -0.05) is 54.7 Å². The molecule has 1 N–H and O–H groups in total. The van der Waals surface area contributed by atoms with Gasteiger partial charge in [0, 0.05) is 0 Å². The van der Waals surface area contributed by atoms with Crippen LogP contribution in [-0.4, -0.2) is 36.9 Å². The van der Waals surface area contributed by atoms with Gasteiger partial charge in [-0.2, -0.15) is 5.26 Å². The maximum atomic E-state index is 12.6. The Balaban J connectivity index is 1.80. The Kier molecular flexibility index (Phi) is 8.57. The molecular weight excluding hydrogens is 488 g/mol. The number of aromatic nitrogens is 2. The highest BCUT2D eigenvalue weighted by molar-refractivity contribution is 7.93. The van der Waals surface area contributed by atoms with E-state index < -0.39 is 15.7 Å². The Hall–Kier alpha value is -3.75. The van der Waals surface area contributed by atoms with E-state index >= 15 is 0 Å². The fraction of sp³-hybridized carbons (Fsp3) is 0.250. The largest absolute Gasteiger partial charge is 0.490 e. The molecule has 35 heavy (non-hydrogen) atoms. The molecule has 3 aromatic rings. The van der Waals surface area contributed by atoms with Crippen LogP contribution in [0, 0.1) is 11.3 Å². The van der Waals surface area contributed by atoms with Crippen LogP contribution in [0.2, 0.25) is 0 Å². The van der Waals surface area contributed by atoms with Gasteiger partial charge in [-0.05, 0) is 43.2 Å². The van der Waals surface area contributed by atoms with E-state index in [4.69, 9.17) is 9.47 Å². The Bertz CT molecular complexity index is 1360. The van der Waals surface area contributed by atoms with Gasteiger partial charge in [-0.25, -0.2) is 8.42 Å². The lowest BCUT2D eigenvalue weighted by atomic mass is 10.1. The van der Waals surface area contributed by atoms with Crippen molar-refractivity contribution in [3.05, 3.63) is 65.2 Å². The summed E-state index contributed by atoms with van der Waals surface area (Å²) in [4.78, 5) is 12.6. The number of hydrogen-bond donors (Lipinski definition) is 1. The van der Waals surface area contributed by atoms with Crippen LogP contribution in [0.4, 0.5) is 5.13 Å². The van der Waals surface area contributed by atoms with Crippen molar-refractivity contribution in [1.29, 1.82) is 5.26 Å². The Labute approximate surface area is 208 Å². The summed E-state index contributed by atoms with van der Waals surface area (Å²) in [6.07, 6.45) is 1.18. The van der Waals surface area contributed by atoms with Gasteiger partial charge in [0.15, 0.2) is 11.5 Å². The highest BCUT2D eigenvalue weighted by Gasteiger charge is 2.20. The molecule has 1 unspecified atom stereocenters. The predicted molar refractivity (Wildman–Crippen MR) is 133 cm³/mol. The topological polar surface area (TPSA) is 131 Å². The zero-order valence-electron chi connectivity index (χ0n) is 19.4. The lowest BCUT2D eigenvalue weighted by molar-refractivity contribution is -0.112. The number of benzene rings is 2. The molecule has 0 aliphatic rings. The van der Waals surface area contributed by atoms with Crippen molar-refractivity contribution in [2.75, 3.05) is 17.7 Å². The van der Waals surface area contributed by atoms with Crippen molar-refractivity contribution in [1.82, 2.24) is 10.2 Å². The number of carbonyl (C=O) groups excluding carboxylic acids is 1. The average molecular weight is 513 g/mol. The molecule has 1 aromatic heterocycles. The quantitative estimate of drug-likeness (QED) is 0.240. The maximum Gasteiger partial charge on any atom is 0.268 e. The Morgan fingerprint density at radius 2 is 1.91 bits per heavy atom. The first kappa shape index (κ1) is 25.9. The molecule has 0 radical (unpaired) electrons. The van der Waals surface area contributed by atoms with Crippen molar-refractivity contribution in [2.24, 2.45) is 0 Å². The second-order valence-electron chi connectivity index (χ2n) is 7.21. The number of amides is 1.